The quantitative estimate of drug-likeness (QED) is 0.398. The lowest BCUT2D eigenvalue weighted by Crippen LogP contribution is -2.56. The number of piperidine rings is 1. The lowest BCUT2D eigenvalue weighted by molar-refractivity contribution is -0.188. The van der Waals surface area contributed by atoms with Crippen molar-refractivity contribution in [2.24, 2.45) is 5.92 Å². The first-order valence-corrected chi connectivity index (χ1v) is 13.1. The topological polar surface area (TPSA) is 68.3 Å². The number of carbonyl (C=O) groups is 2. The van der Waals surface area contributed by atoms with Crippen molar-refractivity contribution in [2.45, 2.75) is 38.5 Å². The zero-order valence-corrected chi connectivity index (χ0v) is 22.3. The van der Waals surface area contributed by atoms with Gasteiger partial charge in [0.2, 0.25) is 5.91 Å². The van der Waals surface area contributed by atoms with Crippen molar-refractivity contribution in [3.05, 3.63) is 78.4 Å². The number of benzene rings is 2. The predicted molar refractivity (Wildman–Crippen MR) is 143 cm³/mol. The van der Waals surface area contributed by atoms with Crippen LogP contribution in [-0.2, 0) is 14.3 Å². The largest absolute Gasteiger partial charge is 0.454 e. The van der Waals surface area contributed by atoms with Crippen LogP contribution in [0.1, 0.15) is 42.6 Å². The minimum absolute atomic E-state index is 0.131. The Bertz CT molecular complexity index is 1230. The molecule has 39 heavy (non-hydrogen) atoms. The van der Waals surface area contributed by atoms with Gasteiger partial charge in [0.05, 0.1) is 18.8 Å². The average molecular weight is 541 g/mol. The summed E-state index contributed by atoms with van der Waals surface area (Å²) in [6, 6.07) is 6.89. The van der Waals surface area contributed by atoms with Gasteiger partial charge in [0.1, 0.15) is 17.6 Å². The summed E-state index contributed by atoms with van der Waals surface area (Å²) in [6.07, 6.45) is 4.24. The maximum absolute atomic E-state index is 14.2. The first kappa shape index (κ1) is 28.4. The highest BCUT2D eigenvalue weighted by atomic mass is 19.1. The SMILES string of the molecule is C=CCN(C(=O)c1cc(Oc2ccc(F)cc2F)ccc1C=C)[C@@H](C(=O)N1CCC2(CC1)OCCO2)C(C)C. The first-order chi connectivity index (χ1) is 18.7. The number of carbonyl (C=O) groups excluding carboxylic acids is 2. The second-order valence-electron chi connectivity index (χ2n) is 10.00. The summed E-state index contributed by atoms with van der Waals surface area (Å²) in [5.41, 5.74) is 0.752. The standard InChI is InChI=1S/C30H34F2N2O5/c1-5-13-34(27(20(3)4)29(36)33-14-11-30(12-15-33)37-16-17-38-30)28(35)24-19-23(9-7-21(24)6-2)39-26-10-8-22(31)18-25(26)32/h5-10,18-20,27H,1-2,11-17H2,3-4H3/t27-/m1/s1. The Labute approximate surface area is 227 Å². The van der Waals surface area contributed by atoms with Gasteiger partial charge < -0.3 is 24.0 Å². The van der Waals surface area contributed by atoms with Crippen molar-refractivity contribution < 1.29 is 32.6 Å². The van der Waals surface area contributed by atoms with Gasteiger partial charge in [0.25, 0.3) is 5.91 Å². The van der Waals surface area contributed by atoms with Crippen LogP contribution in [-0.4, -0.2) is 66.3 Å². The second-order valence-corrected chi connectivity index (χ2v) is 10.00. The van der Waals surface area contributed by atoms with E-state index in [-0.39, 0.29) is 35.4 Å². The smallest absolute Gasteiger partial charge is 0.255 e. The average Bonchev–Trinajstić information content (AvgIpc) is 3.37. The number of rotatable bonds is 9. The predicted octanol–water partition coefficient (Wildman–Crippen LogP) is 5.42. The van der Waals surface area contributed by atoms with Gasteiger partial charge in [-0.2, -0.15) is 0 Å². The van der Waals surface area contributed by atoms with E-state index in [0.29, 0.717) is 44.7 Å². The minimum atomic E-state index is -0.869. The van der Waals surface area contributed by atoms with Crippen LogP contribution in [0.4, 0.5) is 8.78 Å². The fourth-order valence-electron chi connectivity index (χ4n) is 5.08. The van der Waals surface area contributed by atoms with E-state index in [9.17, 15) is 18.4 Å². The maximum Gasteiger partial charge on any atom is 0.255 e. The van der Waals surface area contributed by atoms with Crippen molar-refractivity contribution in [2.75, 3.05) is 32.8 Å². The fourth-order valence-corrected chi connectivity index (χ4v) is 5.08. The molecule has 2 heterocycles. The molecule has 0 aromatic heterocycles. The van der Waals surface area contributed by atoms with Crippen LogP contribution in [0.2, 0.25) is 0 Å². The molecular formula is C30H34F2N2O5. The Morgan fingerprint density at radius 2 is 1.79 bits per heavy atom. The highest BCUT2D eigenvalue weighted by molar-refractivity contribution is 6.01. The van der Waals surface area contributed by atoms with Gasteiger partial charge in [0.15, 0.2) is 17.4 Å². The Morgan fingerprint density at radius 1 is 1.10 bits per heavy atom. The van der Waals surface area contributed by atoms with Crippen LogP contribution in [0.3, 0.4) is 0 Å². The Balaban J connectivity index is 1.60. The number of likely N-dealkylation sites (tertiary alicyclic amines) is 1. The zero-order chi connectivity index (χ0) is 28.2. The van der Waals surface area contributed by atoms with E-state index in [1.807, 2.05) is 13.8 Å². The lowest BCUT2D eigenvalue weighted by atomic mass is 9.96. The molecule has 2 aromatic carbocycles. The van der Waals surface area contributed by atoms with Crippen molar-refractivity contribution in [3.8, 4) is 11.5 Å². The van der Waals surface area contributed by atoms with Crippen molar-refractivity contribution >= 4 is 17.9 Å². The van der Waals surface area contributed by atoms with Crippen LogP contribution in [0.5, 0.6) is 11.5 Å². The van der Waals surface area contributed by atoms with E-state index in [2.05, 4.69) is 13.2 Å². The molecule has 2 aliphatic heterocycles. The molecular weight excluding hydrogens is 506 g/mol. The summed E-state index contributed by atoms with van der Waals surface area (Å²) in [7, 11) is 0. The van der Waals surface area contributed by atoms with Gasteiger partial charge in [-0.15, -0.1) is 6.58 Å². The number of ether oxygens (including phenoxy) is 3. The monoisotopic (exact) mass is 540 g/mol. The van der Waals surface area contributed by atoms with Gasteiger partial charge in [0, 0.05) is 38.5 Å². The van der Waals surface area contributed by atoms with E-state index in [0.717, 1.165) is 12.1 Å². The minimum Gasteiger partial charge on any atom is -0.454 e. The Kier molecular flexibility index (Phi) is 8.82. The molecule has 2 aromatic rings. The van der Waals surface area contributed by atoms with E-state index in [4.69, 9.17) is 14.2 Å². The third kappa shape index (κ3) is 6.20. The summed E-state index contributed by atoms with van der Waals surface area (Å²) in [4.78, 5) is 31.1. The molecule has 0 bridgehead atoms. The van der Waals surface area contributed by atoms with Crippen molar-refractivity contribution in [1.29, 1.82) is 0 Å². The van der Waals surface area contributed by atoms with Crippen molar-refractivity contribution in [1.82, 2.24) is 9.80 Å². The molecule has 7 nitrogen and oxygen atoms in total. The molecule has 208 valence electrons. The van der Waals surface area contributed by atoms with Crippen LogP contribution in [0, 0.1) is 17.6 Å². The highest BCUT2D eigenvalue weighted by Gasteiger charge is 2.43. The van der Waals surface area contributed by atoms with Crippen LogP contribution in [0.25, 0.3) is 6.08 Å². The highest BCUT2D eigenvalue weighted by Crippen LogP contribution is 2.33. The molecule has 2 aliphatic rings. The molecule has 2 fully saturated rings. The maximum atomic E-state index is 14.2. The third-order valence-corrected chi connectivity index (χ3v) is 7.05. The summed E-state index contributed by atoms with van der Waals surface area (Å²) >= 11 is 0. The first-order valence-electron chi connectivity index (χ1n) is 13.1. The van der Waals surface area contributed by atoms with Gasteiger partial charge >= 0.3 is 0 Å². The number of amides is 2. The molecule has 0 aliphatic carbocycles. The lowest BCUT2D eigenvalue weighted by Gasteiger charge is -2.41. The summed E-state index contributed by atoms with van der Waals surface area (Å²) in [5, 5.41) is 0. The molecule has 4 rings (SSSR count). The number of hydrogen-bond acceptors (Lipinski definition) is 5. The van der Waals surface area contributed by atoms with Gasteiger partial charge in [-0.25, -0.2) is 8.78 Å². The Hall–Kier alpha value is -3.56. The zero-order valence-electron chi connectivity index (χ0n) is 22.3. The molecule has 0 N–H and O–H groups in total. The fraction of sp³-hybridized carbons (Fsp3) is 0.400. The molecule has 9 heteroatoms. The number of halogens is 2. The summed E-state index contributed by atoms with van der Waals surface area (Å²) in [6.45, 7) is 13.5. The van der Waals surface area contributed by atoms with E-state index >= 15 is 0 Å². The number of hydrogen-bond donors (Lipinski definition) is 0. The molecule has 0 saturated carbocycles. The Morgan fingerprint density at radius 3 is 2.38 bits per heavy atom. The summed E-state index contributed by atoms with van der Waals surface area (Å²) in [5.74, 6) is -3.00. The molecule has 2 saturated heterocycles. The molecule has 0 unspecified atom stereocenters. The second kappa shape index (κ2) is 12.1. The molecule has 2 amide bonds. The van der Waals surface area contributed by atoms with Gasteiger partial charge in [-0.3, -0.25) is 9.59 Å². The normalized spacial score (nSPS) is 17.2. The number of nitrogens with zero attached hydrogens (tertiary/aromatic N) is 2. The molecule has 1 spiro atoms. The molecule has 1 atom stereocenters. The third-order valence-electron chi connectivity index (χ3n) is 7.05. The van der Waals surface area contributed by atoms with Crippen LogP contribution in [0.15, 0.2) is 55.6 Å². The van der Waals surface area contributed by atoms with E-state index < -0.39 is 29.4 Å². The molecule has 0 radical (unpaired) electrons. The van der Waals surface area contributed by atoms with Crippen LogP contribution >= 0.6 is 0 Å². The van der Waals surface area contributed by atoms with E-state index in [1.54, 1.807) is 23.1 Å². The van der Waals surface area contributed by atoms with Gasteiger partial charge in [-0.1, -0.05) is 38.6 Å². The van der Waals surface area contributed by atoms with Crippen LogP contribution < -0.4 is 4.74 Å². The van der Waals surface area contributed by atoms with Crippen molar-refractivity contribution in [3.63, 3.8) is 0 Å². The van der Waals surface area contributed by atoms with E-state index in [1.165, 1.54) is 23.1 Å². The van der Waals surface area contributed by atoms with Gasteiger partial charge in [-0.05, 0) is 35.7 Å². The summed E-state index contributed by atoms with van der Waals surface area (Å²) < 4.78 is 44.7.